The van der Waals surface area contributed by atoms with Crippen LogP contribution in [0.4, 0.5) is 5.69 Å². The monoisotopic (exact) mass is 462 g/mol. The summed E-state index contributed by atoms with van der Waals surface area (Å²) in [5, 5.41) is 3.73. The van der Waals surface area contributed by atoms with Gasteiger partial charge in [-0.15, -0.1) is 0 Å². The van der Waals surface area contributed by atoms with Gasteiger partial charge in [-0.05, 0) is 36.8 Å². The third kappa shape index (κ3) is 4.17. The number of methoxy groups -OCH3 is 2. The van der Waals surface area contributed by atoms with Crippen molar-refractivity contribution in [1.82, 2.24) is 4.90 Å². The van der Waals surface area contributed by atoms with Gasteiger partial charge in [-0.1, -0.05) is 54.1 Å². The third-order valence-corrected chi connectivity index (χ3v) is 6.00. The number of para-hydroxylation sites is 2. The van der Waals surface area contributed by atoms with E-state index in [9.17, 15) is 9.59 Å². The van der Waals surface area contributed by atoms with Crippen molar-refractivity contribution >= 4 is 34.7 Å². The van der Waals surface area contributed by atoms with Crippen molar-refractivity contribution in [2.24, 2.45) is 0 Å². The smallest absolute Gasteiger partial charge is 0.278 e. The van der Waals surface area contributed by atoms with E-state index < -0.39 is 11.8 Å². The highest BCUT2D eigenvalue weighted by atomic mass is 35.5. The molecule has 4 rings (SSSR count). The first-order valence-corrected chi connectivity index (χ1v) is 10.7. The zero-order chi connectivity index (χ0) is 23.5. The Labute approximate surface area is 197 Å². The molecule has 0 fully saturated rings. The van der Waals surface area contributed by atoms with Gasteiger partial charge in [0.25, 0.3) is 11.8 Å². The maximum atomic E-state index is 13.6. The number of benzene rings is 3. The van der Waals surface area contributed by atoms with Gasteiger partial charge >= 0.3 is 0 Å². The van der Waals surface area contributed by atoms with Crippen LogP contribution in [0.3, 0.4) is 0 Å². The summed E-state index contributed by atoms with van der Waals surface area (Å²) in [6.07, 6.45) is 0. The van der Waals surface area contributed by atoms with Crippen molar-refractivity contribution in [2.45, 2.75) is 13.5 Å². The van der Waals surface area contributed by atoms with Crippen LogP contribution in [0.2, 0.25) is 5.02 Å². The van der Waals surface area contributed by atoms with Crippen LogP contribution in [-0.4, -0.2) is 30.9 Å². The van der Waals surface area contributed by atoms with Crippen LogP contribution in [0.1, 0.15) is 16.7 Å². The van der Waals surface area contributed by atoms with Crippen molar-refractivity contribution in [3.63, 3.8) is 0 Å². The Morgan fingerprint density at radius 1 is 0.848 bits per heavy atom. The number of imide groups is 1. The minimum absolute atomic E-state index is 0.0695. The zero-order valence-electron chi connectivity index (χ0n) is 18.5. The fourth-order valence-corrected chi connectivity index (χ4v) is 3.99. The summed E-state index contributed by atoms with van der Waals surface area (Å²) in [7, 11) is 3.08. The number of carbonyl (C=O) groups is 2. The topological polar surface area (TPSA) is 67.9 Å². The summed E-state index contributed by atoms with van der Waals surface area (Å²) in [5.74, 6) is 0.239. The van der Waals surface area contributed by atoms with Gasteiger partial charge in [0.15, 0.2) is 0 Å². The number of rotatable bonds is 7. The molecule has 2 amide bonds. The normalized spacial score (nSPS) is 13.5. The van der Waals surface area contributed by atoms with Crippen molar-refractivity contribution < 1.29 is 19.1 Å². The molecule has 0 radical (unpaired) electrons. The SMILES string of the molecule is COc1ccccc1CN1C(=O)C(Nc2cccc(Cl)c2C)=C(c2ccccc2OC)C1=O. The van der Waals surface area contributed by atoms with Gasteiger partial charge in [-0.3, -0.25) is 14.5 Å². The molecule has 0 saturated heterocycles. The first kappa shape index (κ1) is 22.4. The summed E-state index contributed by atoms with van der Waals surface area (Å²) in [6, 6.07) is 19.8. The molecule has 0 bridgehead atoms. The summed E-state index contributed by atoms with van der Waals surface area (Å²) in [6.45, 7) is 1.92. The Hall–Kier alpha value is -3.77. The Morgan fingerprint density at radius 2 is 1.52 bits per heavy atom. The standard InChI is InChI=1S/C26H23ClN2O4/c1-16-19(27)11-8-12-20(16)28-24-23(18-10-5-7-14-22(18)33-3)25(30)29(26(24)31)15-17-9-4-6-13-21(17)32-2/h4-14,28H,15H2,1-3H3. The summed E-state index contributed by atoms with van der Waals surface area (Å²) in [5.41, 5.74) is 3.08. The summed E-state index contributed by atoms with van der Waals surface area (Å²) in [4.78, 5) is 28.4. The molecule has 0 unspecified atom stereocenters. The number of carbonyl (C=O) groups excluding carboxylic acids is 2. The Morgan fingerprint density at radius 3 is 2.24 bits per heavy atom. The Balaban J connectivity index is 1.82. The van der Waals surface area contributed by atoms with E-state index in [1.165, 1.54) is 12.0 Å². The number of nitrogens with one attached hydrogen (secondary N) is 1. The second kappa shape index (κ2) is 9.38. The van der Waals surface area contributed by atoms with E-state index >= 15 is 0 Å². The summed E-state index contributed by atoms with van der Waals surface area (Å²) >= 11 is 6.28. The Kier molecular flexibility index (Phi) is 6.38. The van der Waals surface area contributed by atoms with Gasteiger partial charge in [0.1, 0.15) is 17.2 Å². The number of hydrogen-bond acceptors (Lipinski definition) is 5. The average molecular weight is 463 g/mol. The first-order valence-electron chi connectivity index (χ1n) is 10.3. The van der Waals surface area contributed by atoms with E-state index in [1.807, 2.05) is 37.3 Å². The van der Waals surface area contributed by atoms with Crippen LogP contribution in [-0.2, 0) is 16.1 Å². The summed E-state index contributed by atoms with van der Waals surface area (Å²) < 4.78 is 10.9. The fourth-order valence-electron chi connectivity index (χ4n) is 3.82. The van der Waals surface area contributed by atoms with Gasteiger partial charge in [-0.25, -0.2) is 0 Å². The molecular weight excluding hydrogens is 440 g/mol. The molecule has 1 N–H and O–H groups in total. The molecule has 0 saturated carbocycles. The minimum Gasteiger partial charge on any atom is -0.496 e. The molecule has 1 heterocycles. The minimum atomic E-state index is -0.439. The molecule has 0 atom stereocenters. The van der Waals surface area contributed by atoms with Gasteiger partial charge in [0, 0.05) is 21.8 Å². The molecule has 3 aromatic rings. The molecule has 0 aromatic heterocycles. The lowest BCUT2D eigenvalue weighted by atomic mass is 10.0. The van der Waals surface area contributed by atoms with Crippen molar-refractivity contribution in [2.75, 3.05) is 19.5 Å². The lowest BCUT2D eigenvalue weighted by Gasteiger charge is -2.17. The zero-order valence-corrected chi connectivity index (χ0v) is 19.3. The highest BCUT2D eigenvalue weighted by Crippen LogP contribution is 2.37. The molecule has 0 aliphatic carbocycles. The second-order valence-electron chi connectivity index (χ2n) is 7.50. The van der Waals surface area contributed by atoms with Crippen LogP contribution in [0.25, 0.3) is 5.57 Å². The fraction of sp³-hybridized carbons (Fsp3) is 0.154. The highest BCUT2D eigenvalue weighted by molar-refractivity contribution is 6.37. The molecule has 6 nitrogen and oxygen atoms in total. The number of nitrogens with zero attached hydrogens (tertiary/aromatic N) is 1. The van der Waals surface area contributed by atoms with E-state index in [-0.39, 0.29) is 17.8 Å². The number of halogens is 1. The number of ether oxygens (including phenoxy) is 2. The van der Waals surface area contributed by atoms with Crippen LogP contribution in [0, 0.1) is 6.92 Å². The molecule has 0 spiro atoms. The second-order valence-corrected chi connectivity index (χ2v) is 7.90. The predicted octanol–water partition coefficient (Wildman–Crippen LogP) is 5.06. The van der Waals surface area contributed by atoms with Crippen LogP contribution in [0.15, 0.2) is 72.4 Å². The lowest BCUT2D eigenvalue weighted by molar-refractivity contribution is -0.137. The van der Waals surface area contributed by atoms with E-state index in [1.54, 1.807) is 43.5 Å². The van der Waals surface area contributed by atoms with Crippen LogP contribution < -0.4 is 14.8 Å². The Bertz CT molecular complexity index is 1270. The van der Waals surface area contributed by atoms with Gasteiger partial charge in [-0.2, -0.15) is 0 Å². The highest BCUT2D eigenvalue weighted by Gasteiger charge is 2.40. The molecule has 3 aromatic carbocycles. The van der Waals surface area contributed by atoms with E-state index in [0.29, 0.717) is 27.8 Å². The first-order chi connectivity index (χ1) is 16.0. The van der Waals surface area contributed by atoms with Crippen LogP contribution in [0.5, 0.6) is 11.5 Å². The van der Waals surface area contributed by atoms with Gasteiger partial charge in [0.05, 0.1) is 26.3 Å². The molecule has 168 valence electrons. The largest absolute Gasteiger partial charge is 0.496 e. The number of hydrogen-bond donors (Lipinski definition) is 1. The average Bonchev–Trinajstić information content (AvgIpc) is 3.06. The third-order valence-electron chi connectivity index (χ3n) is 5.59. The van der Waals surface area contributed by atoms with Crippen molar-refractivity contribution in [3.8, 4) is 11.5 Å². The van der Waals surface area contributed by atoms with Crippen molar-refractivity contribution in [1.29, 1.82) is 0 Å². The van der Waals surface area contributed by atoms with E-state index in [2.05, 4.69) is 5.32 Å². The lowest BCUT2D eigenvalue weighted by Crippen LogP contribution is -2.32. The molecule has 1 aliphatic rings. The molecule has 7 heteroatoms. The molecule has 33 heavy (non-hydrogen) atoms. The van der Waals surface area contributed by atoms with Crippen LogP contribution >= 0.6 is 11.6 Å². The van der Waals surface area contributed by atoms with E-state index in [0.717, 1.165) is 11.1 Å². The van der Waals surface area contributed by atoms with Crippen molar-refractivity contribution in [3.05, 3.63) is 94.1 Å². The predicted molar refractivity (Wildman–Crippen MR) is 128 cm³/mol. The number of anilines is 1. The van der Waals surface area contributed by atoms with Gasteiger partial charge < -0.3 is 14.8 Å². The molecule has 1 aliphatic heterocycles. The number of amides is 2. The quantitative estimate of drug-likeness (QED) is 0.497. The maximum Gasteiger partial charge on any atom is 0.278 e. The van der Waals surface area contributed by atoms with E-state index in [4.69, 9.17) is 21.1 Å². The molecular formula is C26H23ClN2O4. The maximum absolute atomic E-state index is 13.6. The van der Waals surface area contributed by atoms with Gasteiger partial charge in [0.2, 0.25) is 0 Å².